The van der Waals surface area contributed by atoms with Crippen molar-refractivity contribution in [3.05, 3.63) is 29.3 Å². The van der Waals surface area contributed by atoms with E-state index in [4.69, 9.17) is 4.74 Å². The average Bonchev–Trinajstić information content (AvgIpc) is 2.45. The van der Waals surface area contributed by atoms with Crippen LogP contribution in [0.4, 0.5) is 5.69 Å². The first kappa shape index (κ1) is 14.8. The molecule has 1 aliphatic heterocycles. The first-order chi connectivity index (χ1) is 9.61. The molecule has 1 aromatic carbocycles. The predicted molar refractivity (Wildman–Crippen MR) is 80.8 cm³/mol. The van der Waals surface area contributed by atoms with Crippen LogP contribution in [0.15, 0.2) is 18.2 Å². The summed E-state index contributed by atoms with van der Waals surface area (Å²) in [5.41, 5.74) is 2.63. The van der Waals surface area contributed by atoms with Crippen molar-refractivity contribution in [3.8, 4) is 6.07 Å². The van der Waals surface area contributed by atoms with Crippen LogP contribution in [0.25, 0.3) is 0 Å². The Kier molecular flexibility index (Phi) is 4.99. The van der Waals surface area contributed by atoms with Gasteiger partial charge >= 0.3 is 0 Å². The molecule has 0 bridgehead atoms. The Morgan fingerprint density at radius 3 is 3.00 bits per heavy atom. The van der Waals surface area contributed by atoms with Gasteiger partial charge in [-0.1, -0.05) is 12.1 Å². The molecular weight excluding hydrogens is 250 g/mol. The van der Waals surface area contributed by atoms with Crippen molar-refractivity contribution in [2.24, 2.45) is 0 Å². The summed E-state index contributed by atoms with van der Waals surface area (Å²) in [5, 5.41) is 12.6. The maximum atomic E-state index is 9.22. The lowest BCUT2D eigenvalue weighted by Crippen LogP contribution is -2.48. The number of benzene rings is 1. The summed E-state index contributed by atoms with van der Waals surface area (Å²) in [6.07, 6.45) is 0.179. The number of hydrogen-bond donors (Lipinski definition) is 1. The van der Waals surface area contributed by atoms with Crippen LogP contribution >= 0.6 is 0 Å². The fourth-order valence-electron chi connectivity index (χ4n) is 2.52. The van der Waals surface area contributed by atoms with Gasteiger partial charge in [0.25, 0.3) is 0 Å². The van der Waals surface area contributed by atoms with E-state index in [0.29, 0.717) is 6.04 Å². The zero-order valence-corrected chi connectivity index (χ0v) is 12.5. The molecule has 4 heteroatoms. The Morgan fingerprint density at radius 1 is 1.50 bits per heavy atom. The van der Waals surface area contributed by atoms with Gasteiger partial charge in [-0.05, 0) is 32.4 Å². The van der Waals surface area contributed by atoms with Crippen LogP contribution in [0.5, 0.6) is 0 Å². The van der Waals surface area contributed by atoms with Crippen LogP contribution < -0.4 is 5.32 Å². The number of hydrogen-bond acceptors (Lipinski definition) is 4. The second-order valence-electron chi connectivity index (χ2n) is 5.57. The van der Waals surface area contributed by atoms with Crippen molar-refractivity contribution in [1.29, 1.82) is 5.26 Å². The summed E-state index contributed by atoms with van der Waals surface area (Å²) in [7, 11) is 0. The van der Waals surface area contributed by atoms with Crippen LogP contribution in [0.1, 0.15) is 25.0 Å². The molecule has 1 heterocycles. The molecule has 0 aliphatic carbocycles. The van der Waals surface area contributed by atoms with Gasteiger partial charge in [-0.3, -0.25) is 4.90 Å². The minimum atomic E-state index is 0.179. The quantitative estimate of drug-likeness (QED) is 0.915. The van der Waals surface area contributed by atoms with Crippen LogP contribution in [-0.2, 0) is 4.74 Å². The summed E-state index contributed by atoms with van der Waals surface area (Å²) in [5.74, 6) is 0. The number of nitrogens with one attached hydrogen (secondary N) is 1. The minimum absolute atomic E-state index is 0.179. The standard InChI is InChI=1S/C16H23N3O/c1-12(2)19-7-8-20-14(11-19)10-18-16-6-4-5-13(3)15(16)9-17/h4-6,12,14,18H,7-8,10-11H2,1-3H3. The second kappa shape index (κ2) is 6.74. The first-order valence-electron chi connectivity index (χ1n) is 7.21. The summed E-state index contributed by atoms with van der Waals surface area (Å²) < 4.78 is 5.80. The van der Waals surface area contributed by atoms with Gasteiger partial charge < -0.3 is 10.1 Å². The summed E-state index contributed by atoms with van der Waals surface area (Å²) in [6.45, 7) is 9.85. The van der Waals surface area contributed by atoms with Crippen molar-refractivity contribution in [2.75, 3.05) is 31.6 Å². The lowest BCUT2D eigenvalue weighted by Gasteiger charge is -2.35. The molecule has 1 unspecified atom stereocenters. The lowest BCUT2D eigenvalue weighted by molar-refractivity contribution is -0.0315. The highest BCUT2D eigenvalue weighted by molar-refractivity contribution is 5.60. The molecule has 108 valence electrons. The van der Waals surface area contributed by atoms with Crippen LogP contribution in [-0.4, -0.2) is 43.3 Å². The molecule has 1 aliphatic rings. The summed E-state index contributed by atoms with van der Waals surface area (Å²) in [4.78, 5) is 2.43. The van der Waals surface area contributed by atoms with Crippen molar-refractivity contribution in [1.82, 2.24) is 4.90 Å². The van der Waals surface area contributed by atoms with Gasteiger partial charge in [0.2, 0.25) is 0 Å². The summed E-state index contributed by atoms with van der Waals surface area (Å²) in [6, 6.07) is 8.70. The maximum Gasteiger partial charge on any atom is 0.102 e. The van der Waals surface area contributed by atoms with E-state index >= 15 is 0 Å². The highest BCUT2D eigenvalue weighted by Gasteiger charge is 2.22. The third kappa shape index (κ3) is 3.50. The number of morpholine rings is 1. The van der Waals surface area contributed by atoms with Crippen molar-refractivity contribution in [2.45, 2.75) is 32.9 Å². The Bertz CT molecular complexity index is 493. The van der Waals surface area contributed by atoms with Gasteiger partial charge in [0.1, 0.15) is 6.07 Å². The molecule has 1 saturated heterocycles. The molecular formula is C16H23N3O. The van der Waals surface area contributed by atoms with Gasteiger partial charge in [-0.15, -0.1) is 0 Å². The zero-order chi connectivity index (χ0) is 14.5. The Morgan fingerprint density at radius 2 is 2.30 bits per heavy atom. The number of nitrogens with zero attached hydrogens (tertiary/aromatic N) is 2. The largest absolute Gasteiger partial charge is 0.381 e. The number of nitriles is 1. The van der Waals surface area contributed by atoms with Crippen LogP contribution in [0.2, 0.25) is 0 Å². The highest BCUT2D eigenvalue weighted by atomic mass is 16.5. The number of aryl methyl sites for hydroxylation is 1. The van der Waals surface area contributed by atoms with E-state index in [1.54, 1.807) is 0 Å². The molecule has 4 nitrogen and oxygen atoms in total. The molecule has 1 atom stereocenters. The summed E-state index contributed by atoms with van der Waals surface area (Å²) >= 11 is 0. The fraction of sp³-hybridized carbons (Fsp3) is 0.562. The smallest absolute Gasteiger partial charge is 0.102 e. The number of anilines is 1. The van der Waals surface area contributed by atoms with Crippen molar-refractivity contribution < 1.29 is 4.74 Å². The maximum absolute atomic E-state index is 9.22. The van der Waals surface area contributed by atoms with Crippen LogP contribution in [0, 0.1) is 18.3 Å². The monoisotopic (exact) mass is 273 g/mol. The van der Waals surface area contributed by atoms with Gasteiger partial charge in [0.15, 0.2) is 0 Å². The normalized spacial score (nSPS) is 19.9. The van der Waals surface area contributed by atoms with E-state index in [-0.39, 0.29) is 6.10 Å². The second-order valence-corrected chi connectivity index (χ2v) is 5.57. The molecule has 1 N–H and O–H groups in total. The average molecular weight is 273 g/mol. The van der Waals surface area contributed by atoms with E-state index in [0.717, 1.165) is 43.1 Å². The first-order valence-corrected chi connectivity index (χ1v) is 7.21. The van der Waals surface area contributed by atoms with E-state index in [2.05, 4.69) is 30.1 Å². The van der Waals surface area contributed by atoms with Crippen molar-refractivity contribution >= 4 is 5.69 Å². The number of ether oxygens (including phenoxy) is 1. The molecule has 0 amide bonds. The van der Waals surface area contributed by atoms with Crippen molar-refractivity contribution in [3.63, 3.8) is 0 Å². The molecule has 0 radical (unpaired) electrons. The Balaban J connectivity index is 1.96. The molecule has 2 rings (SSSR count). The Labute approximate surface area is 121 Å². The van der Waals surface area contributed by atoms with Gasteiger partial charge in [0, 0.05) is 25.7 Å². The molecule has 0 spiro atoms. The zero-order valence-electron chi connectivity index (χ0n) is 12.5. The van der Waals surface area contributed by atoms with Gasteiger partial charge in [-0.25, -0.2) is 0 Å². The minimum Gasteiger partial charge on any atom is -0.381 e. The van der Waals surface area contributed by atoms with E-state index in [1.165, 1.54) is 0 Å². The SMILES string of the molecule is Cc1cccc(NCC2CN(C(C)C)CCO2)c1C#N. The Hall–Kier alpha value is -1.57. The fourth-order valence-corrected chi connectivity index (χ4v) is 2.52. The van der Waals surface area contributed by atoms with E-state index in [1.807, 2.05) is 25.1 Å². The molecule has 1 aromatic rings. The third-order valence-corrected chi connectivity index (χ3v) is 3.81. The van der Waals surface area contributed by atoms with Gasteiger partial charge in [-0.2, -0.15) is 5.26 Å². The van der Waals surface area contributed by atoms with Crippen LogP contribution in [0.3, 0.4) is 0 Å². The van der Waals surface area contributed by atoms with E-state index < -0.39 is 0 Å². The molecule has 0 saturated carbocycles. The lowest BCUT2D eigenvalue weighted by atomic mass is 10.1. The third-order valence-electron chi connectivity index (χ3n) is 3.81. The number of rotatable bonds is 4. The molecule has 1 fully saturated rings. The van der Waals surface area contributed by atoms with Gasteiger partial charge in [0.05, 0.1) is 24.0 Å². The highest BCUT2D eigenvalue weighted by Crippen LogP contribution is 2.19. The van der Waals surface area contributed by atoms with E-state index in [9.17, 15) is 5.26 Å². The topological polar surface area (TPSA) is 48.3 Å². The molecule has 0 aromatic heterocycles. The predicted octanol–water partition coefficient (Wildman–Crippen LogP) is 2.39. The molecule has 20 heavy (non-hydrogen) atoms.